The minimum atomic E-state index is 0.432. The van der Waals surface area contributed by atoms with Crippen LogP contribution in [0.3, 0.4) is 0 Å². The first-order valence-electron chi connectivity index (χ1n) is 6.92. The van der Waals surface area contributed by atoms with Gasteiger partial charge in [-0.1, -0.05) is 43.4 Å². The summed E-state index contributed by atoms with van der Waals surface area (Å²) in [5.74, 6) is 0.862. The maximum atomic E-state index is 5.62. The van der Waals surface area contributed by atoms with E-state index in [1.807, 2.05) is 12.1 Å². The van der Waals surface area contributed by atoms with Crippen LogP contribution in [0.15, 0.2) is 41.7 Å². The summed E-state index contributed by atoms with van der Waals surface area (Å²) in [5.41, 5.74) is 7.74. The Labute approximate surface area is 143 Å². The van der Waals surface area contributed by atoms with Crippen molar-refractivity contribution in [3.05, 3.63) is 52.7 Å². The van der Waals surface area contributed by atoms with Crippen LogP contribution in [0.5, 0.6) is 0 Å². The van der Waals surface area contributed by atoms with E-state index < -0.39 is 0 Å². The van der Waals surface area contributed by atoms with Gasteiger partial charge in [0.15, 0.2) is 0 Å². The van der Waals surface area contributed by atoms with Crippen LogP contribution >= 0.6 is 35.3 Å². The minimum Gasteiger partial charge on any atom is -0.389 e. The number of fused-ring (bicyclic) bond motifs is 1. The van der Waals surface area contributed by atoms with Gasteiger partial charge in [-0.2, -0.15) is 0 Å². The molecule has 2 aromatic heterocycles. The molecule has 0 saturated heterocycles. The highest BCUT2D eigenvalue weighted by atomic mass is 32.2. The fourth-order valence-electron chi connectivity index (χ4n) is 2.09. The Bertz CT molecular complexity index is 809. The lowest BCUT2D eigenvalue weighted by Crippen LogP contribution is -2.08. The molecule has 0 spiro atoms. The van der Waals surface area contributed by atoms with Crippen molar-refractivity contribution in [3.8, 4) is 0 Å². The highest BCUT2D eigenvalue weighted by molar-refractivity contribution is 7.98. The van der Waals surface area contributed by atoms with Crippen molar-refractivity contribution in [1.29, 1.82) is 0 Å². The maximum Gasteiger partial charge on any atom is 0.128 e. The van der Waals surface area contributed by atoms with E-state index in [2.05, 4.69) is 35.1 Å². The largest absolute Gasteiger partial charge is 0.389 e. The molecule has 112 valence electrons. The molecule has 3 nitrogen and oxygen atoms in total. The molecule has 0 unspecified atom stereocenters. The van der Waals surface area contributed by atoms with E-state index in [1.165, 1.54) is 10.4 Å². The third-order valence-electron chi connectivity index (χ3n) is 3.31. The van der Waals surface area contributed by atoms with Gasteiger partial charge in [0, 0.05) is 21.6 Å². The summed E-state index contributed by atoms with van der Waals surface area (Å²) < 4.78 is 0. The fraction of sp³-hybridized carbons (Fsp3) is 0.188. The first-order valence-corrected chi connectivity index (χ1v) is 9.13. The second kappa shape index (κ2) is 6.73. The zero-order chi connectivity index (χ0) is 15.5. The average molecular weight is 346 g/mol. The minimum absolute atomic E-state index is 0.432. The van der Waals surface area contributed by atoms with Gasteiger partial charge in [-0.25, -0.2) is 9.97 Å². The normalized spacial score (nSPS) is 11.0. The van der Waals surface area contributed by atoms with Crippen LogP contribution < -0.4 is 5.73 Å². The molecule has 0 aliphatic heterocycles. The zero-order valence-electron chi connectivity index (χ0n) is 12.1. The number of thiophene rings is 1. The molecule has 2 N–H and O–H groups in total. The van der Waals surface area contributed by atoms with Crippen LogP contribution in [-0.2, 0) is 12.2 Å². The van der Waals surface area contributed by atoms with Crippen LogP contribution in [0, 0.1) is 0 Å². The molecule has 3 rings (SSSR count). The molecule has 2 heterocycles. The molecule has 0 radical (unpaired) electrons. The second-order valence-electron chi connectivity index (χ2n) is 4.81. The summed E-state index contributed by atoms with van der Waals surface area (Å²) in [7, 11) is 0. The molecule has 6 heteroatoms. The van der Waals surface area contributed by atoms with Gasteiger partial charge < -0.3 is 5.73 Å². The number of hydrogen-bond acceptors (Lipinski definition) is 5. The van der Waals surface area contributed by atoms with Crippen molar-refractivity contribution in [2.75, 3.05) is 0 Å². The van der Waals surface area contributed by atoms with Crippen LogP contribution in [0.1, 0.15) is 22.9 Å². The topological polar surface area (TPSA) is 51.8 Å². The molecule has 3 aromatic rings. The molecule has 0 amide bonds. The summed E-state index contributed by atoms with van der Waals surface area (Å²) in [6.45, 7) is 2.16. The maximum absolute atomic E-state index is 5.62. The quantitative estimate of drug-likeness (QED) is 0.427. The van der Waals surface area contributed by atoms with Gasteiger partial charge in [-0.05, 0) is 18.1 Å². The molecule has 1 aromatic carbocycles. The fourth-order valence-corrected chi connectivity index (χ4v) is 4.15. The van der Waals surface area contributed by atoms with Gasteiger partial charge in [0.25, 0.3) is 0 Å². The van der Waals surface area contributed by atoms with Gasteiger partial charge in [0.1, 0.15) is 21.2 Å². The number of nitrogens with zero attached hydrogens (tertiary/aromatic N) is 2. The number of aromatic nitrogens is 2. The molecular formula is C16H15N3S3. The van der Waals surface area contributed by atoms with E-state index in [0.29, 0.717) is 4.99 Å². The van der Waals surface area contributed by atoms with E-state index in [4.69, 9.17) is 18.0 Å². The van der Waals surface area contributed by atoms with Crippen LogP contribution in [0.4, 0.5) is 0 Å². The summed E-state index contributed by atoms with van der Waals surface area (Å²) in [6.07, 6.45) is 2.68. The van der Waals surface area contributed by atoms with E-state index in [-0.39, 0.29) is 0 Å². The van der Waals surface area contributed by atoms with E-state index in [0.717, 1.165) is 33.0 Å². The highest BCUT2D eigenvalue weighted by Gasteiger charge is 2.09. The van der Waals surface area contributed by atoms with Gasteiger partial charge in [-0.3, -0.25) is 0 Å². The Morgan fingerprint density at radius 1 is 1.27 bits per heavy atom. The second-order valence-corrected chi connectivity index (χ2v) is 7.33. The summed E-state index contributed by atoms with van der Waals surface area (Å²) in [5, 5.41) is 2.20. The van der Waals surface area contributed by atoms with Crippen LogP contribution in [0.25, 0.3) is 10.2 Å². The molecule has 0 aliphatic rings. The molecule has 0 aliphatic carbocycles. The summed E-state index contributed by atoms with van der Waals surface area (Å²) in [6, 6.07) is 10.3. The van der Waals surface area contributed by atoms with Gasteiger partial charge in [0.2, 0.25) is 0 Å². The number of aryl methyl sites for hydroxylation is 1. The lowest BCUT2D eigenvalue weighted by atomic mass is 10.1. The van der Waals surface area contributed by atoms with Gasteiger partial charge >= 0.3 is 0 Å². The van der Waals surface area contributed by atoms with Crippen molar-refractivity contribution in [1.82, 2.24) is 9.97 Å². The smallest absolute Gasteiger partial charge is 0.128 e. The van der Waals surface area contributed by atoms with Crippen molar-refractivity contribution < 1.29 is 0 Å². The van der Waals surface area contributed by atoms with E-state index in [1.54, 1.807) is 29.4 Å². The molecule has 22 heavy (non-hydrogen) atoms. The third-order valence-corrected chi connectivity index (χ3v) is 5.81. The first-order chi connectivity index (χ1) is 10.7. The Kier molecular flexibility index (Phi) is 4.71. The molecule has 0 atom stereocenters. The lowest BCUT2D eigenvalue weighted by Gasteiger charge is -2.04. The number of hydrogen-bond donors (Lipinski definition) is 1. The average Bonchev–Trinajstić information content (AvgIpc) is 2.97. The van der Waals surface area contributed by atoms with Crippen molar-refractivity contribution >= 4 is 50.5 Å². The Morgan fingerprint density at radius 2 is 2.05 bits per heavy atom. The van der Waals surface area contributed by atoms with Gasteiger partial charge in [-0.15, -0.1) is 23.1 Å². The SMILES string of the molecule is CCc1cc2c(SCc3ccc(C(N)=S)cc3)ncnc2s1. The zero-order valence-corrected chi connectivity index (χ0v) is 14.5. The number of thiocarbonyl (C=S) groups is 1. The summed E-state index contributed by atoms with van der Waals surface area (Å²) in [4.78, 5) is 11.6. The van der Waals surface area contributed by atoms with Crippen LogP contribution in [-0.4, -0.2) is 15.0 Å². The van der Waals surface area contributed by atoms with E-state index in [9.17, 15) is 0 Å². The lowest BCUT2D eigenvalue weighted by molar-refractivity contribution is 1.10. The number of nitrogens with two attached hydrogens (primary N) is 1. The summed E-state index contributed by atoms with van der Waals surface area (Å²) >= 11 is 8.45. The van der Waals surface area contributed by atoms with Crippen molar-refractivity contribution in [3.63, 3.8) is 0 Å². The Balaban J connectivity index is 1.78. The first kappa shape index (κ1) is 15.4. The molecule has 0 saturated carbocycles. The standard InChI is InChI=1S/C16H15N3S3/c1-2-12-7-13-15(18-9-19-16(13)22-12)21-8-10-3-5-11(6-4-10)14(17)20/h3-7,9H,2,8H2,1H3,(H2,17,20). The predicted octanol–water partition coefficient (Wildman–Crippen LogP) is 4.18. The van der Waals surface area contributed by atoms with E-state index >= 15 is 0 Å². The molecule has 0 bridgehead atoms. The third kappa shape index (κ3) is 3.29. The number of benzene rings is 1. The van der Waals surface area contributed by atoms with Crippen LogP contribution in [0.2, 0.25) is 0 Å². The molecule has 0 fully saturated rings. The molecular weight excluding hydrogens is 330 g/mol. The predicted molar refractivity (Wildman–Crippen MR) is 98.7 cm³/mol. The van der Waals surface area contributed by atoms with Gasteiger partial charge in [0.05, 0.1) is 0 Å². The number of thioether (sulfide) groups is 1. The van der Waals surface area contributed by atoms with Crippen molar-refractivity contribution in [2.45, 2.75) is 24.1 Å². The number of rotatable bonds is 5. The Hall–Kier alpha value is -1.50. The highest BCUT2D eigenvalue weighted by Crippen LogP contribution is 2.32. The Morgan fingerprint density at radius 3 is 2.73 bits per heavy atom. The van der Waals surface area contributed by atoms with Crippen molar-refractivity contribution in [2.24, 2.45) is 5.73 Å². The monoisotopic (exact) mass is 345 g/mol.